The van der Waals surface area contributed by atoms with Gasteiger partial charge in [0, 0.05) is 19.1 Å². The number of piperidine rings is 1. The lowest BCUT2D eigenvalue weighted by Crippen LogP contribution is -2.42. The Morgan fingerprint density at radius 2 is 1.97 bits per heavy atom. The molecule has 0 aliphatic carbocycles. The normalized spacial score (nSPS) is 16.7. The van der Waals surface area contributed by atoms with Crippen molar-refractivity contribution in [3.63, 3.8) is 0 Å². The number of hydrogen-bond donors (Lipinski definition) is 2. The van der Waals surface area contributed by atoms with Gasteiger partial charge in [0.15, 0.2) is 0 Å². The number of benzene rings is 1. The van der Waals surface area contributed by atoms with E-state index in [2.05, 4.69) is 19.6 Å². The van der Waals surface area contributed by atoms with E-state index in [4.69, 9.17) is 5.73 Å². The van der Waals surface area contributed by atoms with Crippen LogP contribution in [0.4, 0.5) is 19.5 Å². The fraction of sp³-hybridized carbons (Fsp3) is 0.250. The Labute approximate surface area is 170 Å². The van der Waals surface area contributed by atoms with E-state index in [0.717, 1.165) is 36.5 Å². The van der Waals surface area contributed by atoms with Crippen molar-refractivity contribution in [1.82, 2.24) is 9.36 Å². The minimum atomic E-state index is -0.735. The zero-order valence-electron chi connectivity index (χ0n) is 15.4. The van der Waals surface area contributed by atoms with Crippen LogP contribution in [0.1, 0.15) is 23.3 Å². The van der Waals surface area contributed by atoms with Crippen LogP contribution in [-0.4, -0.2) is 34.4 Å². The van der Waals surface area contributed by atoms with E-state index >= 15 is 0 Å². The van der Waals surface area contributed by atoms with Crippen LogP contribution in [0.3, 0.4) is 0 Å². The van der Waals surface area contributed by atoms with Crippen molar-refractivity contribution >= 4 is 28.1 Å². The molecule has 0 radical (unpaired) electrons. The molecule has 1 atom stereocenters. The summed E-state index contributed by atoms with van der Waals surface area (Å²) in [6.45, 7) is 1.55. The van der Waals surface area contributed by atoms with Crippen molar-refractivity contribution in [2.24, 2.45) is 5.73 Å². The molecule has 1 aliphatic heterocycles. The molecule has 1 amide bonds. The Bertz CT molecular complexity index is 1020. The van der Waals surface area contributed by atoms with E-state index < -0.39 is 17.5 Å². The molecule has 150 valence electrons. The van der Waals surface area contributed by atoms with Gasteiger partial charge in [0.05, 0.1) is 23.1 Å². The number of hydrogen-bond acceptors (Lipinski definition) is 6. The lowest BCUT2D eigenvalue weighted by molar-refractivity contribution is 0.102. The molecule has 1 unspecified atom stereocenters. The van der Waals surface area contributed by atoms with Crippen molar-refractivity contribution < 1.29 is 13.6 Å². The molecule has 29 heavy (non-hydrogen) atoms. The molecule has 1 fully saturated rings. The Morgan fingerprint density at radius 1 is 1.21 bits per heavy atom. The van der Waals surface area contributed by atoms with E-state index in [1.807, 2.05) is 0 Å². The summed E-state index contributed by atoms with van der Waals surface area (Å²) in [5, 5.41) is 3.64. The molecule has 4 rings (SSSR count). The summed E-state index contributed by atoms with van der Waals surface area (Å²) in [4.78, 5) is 19.0. The van der Waals surface area contributed by atoms with E-state index in [9.17, 15) is 13.6 Å². The van der Waals surface area contributed by atoms with Gasteiger partial charge in [-0.25, -0.2) is 13.8 Å². The number of nitrogens with one attached hydrogen (secondary N) is 1. The molecule has 1 aliphatic rings. The third-order valence-electron chi connectivity index (χ3n) is 4.75. The maximum atomic E-state index is 14.1. The number of aromatic nitrogens is 2. The first-order chi connectivity index (χ1) is 14.0. The first-order valence-corrected chi connectivity index (χ1v) is 9.98. The summed E-state index contributed by atoms with van der Waals surface area (Å²) < 4.78 is 32.3. The predicted octanol–water partition coefficient (Wildman–Crippen LogP) is 3.66. The molecule has 0 spiro atoms. The van der Waals surface area contributed by atoms with Gasteiger partial charge in [-0.1, -0.05) is 12.1 Å². The number of halogens is 2. The quantitative estimate of drug-likeness (QED) is 0.679. The van der Waals surface area contributed by atoms with Crippen LogP contribution < -0.4 is 16.0 Å². The Balaban J connectivity index is 1.57. The van der Waals surface area contributed by atoms with E-state index in [-0.39, 0.29) is 23.0 Å². The fourth-order valence-corrected chi connectivity index (χ4v) is 4.11. The molecule has 0 bridgehead atoms. The van der Waals surface area contributed by atoms with Gasteiger partial charge in [-0.3, -0.25) is 4.79 Å². The van der Waals surface area contributed by atoms with Crippen molar-refractivity contribution in [3.8, 4) is 11.3 Å². The molecule has 9 heteroatoms. The van der Waals surface area contributed by atoms with Gasteiger partial charge in [-0.2, -0.15) is 4.37 Å². The van der Waals surface area contributed by atoms with E-state index in [1.54, 1.807) is 12.3 Å². The summed E-state index contributed by atoms with van der Waals surface area (Å²) in [6.07, 6.45) is 3.53. The molecular weight excluding hydrogens is 396 g/mol. The second kappa shape index (κ2) is 8.22. The number of pyridine rings is 1. The van der Waals surface area contributed by atoms with Crippen molar-refractivity contribution in [2.45, 2.75) is 18.9 Å². The van der Waals surface area contributed by atoms with Crippen molar-refractivity contribution in [2.75, 3.05) is 23.3 Å². The zero-order valence-corrected chi connectivity index (χ0v) is 16.3. The highest BCUT2D eigenvalue weighted by Crippen LogP contribution is 2.32. The smallest absolute Gasteiger partial charge is 0.274 e. The molecule has 3 aromatic rings. The number of amides is 1. The SMILES string of the molecule is NC1CCCN(c2sncc2NC(=O)c2cccc(-c3c(F)cccc3F)n2)C1. The Kier molecular flexibility index (Phi) is 5.50. The number of rotatable bonds is 4. The van der Waals surface area contributed by atoms with Crippen LogP contribution in [0.25, 0.3) is 11.3 Å². The van der Waals surface area contributed by atoms with Gasteiger partial charge in [0.1, 0.15) is 22.3 Å². The molecule has 1 aromatic carbocycles. The lowest BCUT2D eigenvalue weighted by Gasteiger charge is -2.31. The Morgan fingerprint density at radius 3 is 2.72 bits per heavy atom. The summed E-state index contributed by atoms with van der Waals surface area (Å²) in [5.74, 6) is -1.95. The van der Waals surface area contributed by atoms with Gasteiger partial charge in [-0.15, -0.1) is 0 Å². The van der Waals surface area contributed by atoms with Crippen LogP contribution in [-0.2, 0) is 0 Å². The molecule has 1 saturated heterocycles. The third kappa shape index (κ3) is 4.10. The largest absolute Gasteiger partial charge is 0.359 e. The predicted molar refractivity (Wildman–Crippen MR) is 109 cm³/mol. The van der Waals surface area contributed by atoms with Gasteiger partial charge in [0.2, 0.25) is 0 Å². The molecule has 3 heterocycles. The maximum Gasteiger partial charge on any atom is 0.274 e. The van der Waals surface area contributed by atoms with Gasteiger partial charge in [0.25, 0.3) is 5.91 Å². The van der Waals surface area contributed by atoms with Crippen molar-refractivity contribution in [3.05, 3.63) is 59.9 Å². The summed E-state index contributed by atoms with van der Waals surface area (Å²) in [6, 6.07) is 8.17. The van der Waals surface area contributed by atoms with Crippen LogP contribution in [0.15, 0.2) is 42.6 Å². The molecule has 0 saturated carbocycles. The molecule has 2 aromatic heterocycles. The van der Waals surface area contributed by atoms with Crippen LogP contribution >= 0.6 is 11.5 Å². The number of anilines is 2. The number of carbonyl (C=O) groups excluding carboxylic acids is 1. The molecule has 6 nitrogen and oxygen atoms in total. The maximum absolute atomic E-state index is 14.1. The van der Waals surface area contributed by atoms with E-state index in [1.165, 1.54) is 29.7 Å². The van der Waals surface area contributed by atoms with E-state index in [0.29, 0.717) is 12.2 Å². The molecular formula is C20H19F2N5OS. The molecule has 3 N–H and O–H groups in total. The number of carbonyl (C=O) groups is 1. The summed E-state index contributed by atoms with van der Waals surface area (Å²) in [7, 11) is 0. The fourth-order valence-electron chi connectivity index (χ4n) is 3.37. The minimum Gasteiger partial charge on any atom is -0.359 e. The monoisotopic (exact) mass is 415 g/mol. The lowest BCUT2D eigenvalue weighted by atomic mass is 10.1. The zero-order chi connectivity index (χ0) is 20.4. The summed E-state index contributed by atoms with van der Waals surface area (Å²) in [5.41, 5.74) is 6.47. The van der Waals surface area contributed by atoms with Gasteiger partial charge >= 0.3 is 0 Å². The second-order valence-electron chi connectivity index (χ2n) is 6.85. The van der Waals surface area contributed by atoms with Crippen molar-refractivity contribution in [1.29, 1.82) is 0 Å². The summed E-state index contributed by atoms with van der Waals surface area (Å²) >= 11 is 1.29. The third-order valence-corrected chi connectivity index (χ3v) is 5.61. The highest BCUT2D eigenvalue weighted by molar-refractivity contribution is 7.11. The topological polar surface area (TPSA) is 84.1 Å². The van der Waals surface area contributed by atoms with Crippen LogP contribution in [0.5, 0.6) is 0 Å². The first-order valence-electron chi connectivity index (χ1n) is 9.21. The first kappa shape index (κ1) is 19.4. The highest BCUT2D eigenvalue weighted by Gasteiger charge is 2.22. The van der Waals surface area contributed by atoms with Crippen LogP contribution in [0, 0.1) is 11.6 Å². The van der Waals surface area contributed by atoms with Crippen LogP contribution in [0.2, 0.25) is 0 Å². The number of nitrogens with zero attached hydrogens (tertiary/aromatic N) is 3. The Hall–Kier alpha value is -2.91. The minimum absolute atomic E-state index is 0.0534. The van der Waals surface area contributed by atoms with Gasteiger partial charge < -0.3 is 16.0 Å². The number of nitrogens with two attached hydrogens (primary N) is 1. The van der Waals surface area contributed by atoms with Gasteiger partial charge in [-0.05, 0) is 48.6 Å². The average Bonchev–Trinajstić information content (AvgIpc) is 3.16. The standard InChI is InChI=1S/C20H19F2N5OS/c21-13-5-1-6-14(22)18(13)15-7-2-8-16(25-15)19(28)26-17-10-24-29-20(17)27-9-3-4-12(23)11-27/h1-2,5-8,10,12H,3-4,9,11,23H2,(H,26,28). The highest BCUT2D eigenvalue weighted by atomic mass is 32.1. The average molecular weight is 415 g/mol. The second-order valence-corrected chi connectivity index (χ2v) is 7.63.